The first kappa shape index (κ1) is 20.9. The minimum Gasteiger partial charge on any atom is -0.507 e. The van der Waals surface area contributed by atoms with Crippen molar-refractivity contribution in [2.45, 2.75) is 13.8 Å². The summed E-state index contributed by atoms with van der Waals surface area (Å²) in [6.07, 6.45) is 0. The van der Waals surface area contributed by atoms with Crippen LogP contribution < -0.4 is 10.1 Å². The van der Waals surface area contributed by atoms with E-state index in [2.05, 4.69) is 10.3 Å². The van der Waals surface area contributed by atoms with Crippen LogP contribution >= 0.6 is 0 Å². The van der Waals surface area contributed by atoms with Crippen molar-refractivity contribution in [3.63, 3.8) is 0 Å². The second-order valence-electron chi connectivity index (χ2n) is 7.24. The lowest BCUT2D eigenvalue weighted by atomic mass is 10.1. The van der Waals surface area contributed by atoms with Gasteiger partial charge in [0.15, 0.2) is 17.9 Å². The van der Waals surface area contributed by atoms with Gasteiger partial charge in [-0.15, -0.1) is 0 Å². The van der Waals surface area contributed by atoms with Crippen LogP contribution in [0.15, 0.2) is 59.0 Å². The van der Waals surface area contributed by atoms with Crippen LogP contribution in [0.1, 0.15) is 11.1 Å². The summed E-state index contributed by atoms with van der Waals surface area (Å²) >= 11 is 0. The molecule has 4 rings (SSSR count). The Kier molecular flexibility index (Phi) is 5.46. The number of nitrogens with one attached hydrogen (secondary N) is 1. The number of hydrogen-bond acceptors (Lipinski definition) is 7. The number of benzene rings is 3. The average molecular weight is 433 g/mol. The van der Waals surface area contributed by atoms with E-state index >= 15 is 0 Å². The van der Waals surface area contributed by atoms with Gasteiger partial charge in [-0.25, -0.2) is 4.98 Å². The first-order chi connectivity index (χ1) is 15.3. The standard InChI is InChI=1S/C23H19N3O6/c1-13-9-14(2)22-17(10-13)25-23(32-22)16-11-15(7-8-19(16)27)24-21(28)12-31-20-6-4-3-5-18(20)26(29)30/h3-11,27H,12H2,1-2H3,(H,24,28). The number of ether oxygens (including phenoxy) is 1. The van der Waals surface area contributed by atoms with Crippen LogP contribution in [0.25, 0.3) is 22.6 Å². The molecule has 162 valence electrons. The van der Waals surface area contributed by atoms with E-state index < -0.39 is 17.4 Å². The van der Waals surface area contributed by atoms with Gasteiger partial charge in [0, 0.05) is 11.8 Å². The molecule has 0 atom stereocenters. The summed E-state index contributed by atoms with van der Waals surface area (Å²) in [7, 11) is 0. The van der Waals surface area contributed by atoms with Gasteiger partial charge >= 0.3 is 5.69 Å². The number of aromatic nitrogens is 1. The largest absolute Gasteiger partial charge is 0.507 e. The molecule has 0 bridgehead atoms. The normalized spacial score (nSPS) is 10.8. The fourth-order valence-corrected chi connectivity index (χ4v) is 3.35. The molecule has 0 radical (unpaired) electrons. The molecule has 3 aromatic carbocycles. The van der Waals surface area contributed by atoms with Crippen molar-refractivity contribution in [1.82, 2.24) is 4.98 Å². The highest BCUT2D eigenvalue weighted by Crippen LogP contribution is 2.34. The number of para-hydroxylation sites is 2. The topological polar surface area (TPSA) is 128 Å². The first-order valence-electron chi connectivity index (χ1n) is 9.69. The third-order valence-electron chi connectivity index (χ3n) is 4.75. The number of aromatic hydroxyl groups is 1. The lowest BCUT2D eigenvalue weighted by Crippen LogP contribution is -2.20. The van der Waals surface area contributed by atoms with E-state index in [0.717, 1.165) is 11.1 Å². The minimum absolute atomic E-state index is 0.00353. The number of carbonyl (C=O) groups is 1. The Morgan fingerprint density at radius 2 is 1.97 bits per heavy atom. The maximum absolute atomic E-state index is 12.3. The van der Waals surface area contributed by atoms with Gasteiger partial charge in [0.05, 0.1) is 10.5 Å². The second-order valence-corrected chi connectivity index (χ2v) is 7.24. The van der Waals surface area contributed by atoms with Gasteiger partial charge in [-0.05, 0) is 55.3 Å². The zero-order valence-electron chi connectivity index (χ0n) is 17.3. The van der Waals surface area contributed by atoms with E-state index in [1.165, 1.54) is 36.4 Å². The molecule has 0 saturated carbocycles. The molecule has 0 spiro atoms. The fraction of sp³-hybridized carbons (Fsp3) is 0.130. The number of aryl methyl sites for hydroxylation is 2. The Hall–Kier alpha value is -4.40. The van der Waals surface area contributed by atoms with Gasteiger partial charge in [-0.3, -0.25) is 14.9 Å². The highest BCUT2D eigenvalue weighted by molar-refractivity contribution is 5.93. The maximum atomic E-state index is 12.3. The summed E-state index contributed by atoms with van der Waals surface area (Å²) in [6.45, 7) is 3.45. The van der Waals surface area contributed by atoms with Crippen LogP contribution in [0.5, 0.6) is 11.5 Å². The molecule has 1 heterocycles. The molecule has 2 N–H and O–H groups in total. The van der Waals surface area contributed by atoms with E-state index in [1.807, 2.05) is 26.0 Å². The molecule has 0 aliphatic rings. The van der Waals surface area contributed by atoms with Crippen LogP contribution in [0, 0.1) is 24.0 Å². The number of nitro groups is 1. The molecular weight excluding hydrogens is 414 g/mol. The van der Waals surface area contributed by atoms with Crippen LogP contribution in [0.3, 0.4) is 0 Å². The van der Waals surface area contributed by atoms with Gasteiger partial charge in [0.1, 0.15) is 11.3 Å². The molecular formula is C23H19N3O6. The van der Waals surface area contributed by atoms with E-state index in [0.29, 0.717) is 22.4 Å². The quantitative estimate of drug-likeness (QED) is 0.255. The summed E-state index contributed by atoms with van der Waals surface area (Å²) in [4.78, 5) is 27.2. The second kappa shape index (κ2) is 8.38. The van der Waals surface area contributed by atoms with Crippen molar-refractivity contribution >= 4 is 28.4 Å². The van der Waals surface area contributed by atoms with Crippen molar-refractivity contribution in [2.24, 2.45) is 0 Å². The van der Waals surface area contributed by atoms with Crippen molar-refractivity contribution < 1.29 is 24.0 Å². The fourth-order valence-electron chi connectivity index (χ4n) is 3.35. The number of phenols is 1. The number of nitro benzene ring substituents is 1. The van der Waals surface area contributed by atoms with Crippen molar-refractivity contribution in [3.05, 3.63) is 75.8 Å². The van der Waals surface area contributed by atoms with Crippen molar-refractivity contribution in [1.29, 1.82) is 0 Å². The molecule has 0 unspecified atom stereocenters. The van der Waals surface area contributed by atoms with Gasteiger partial charge in [0.25, 0.3) is 5.91 Å². The predicted octanol–water partition coefficient (Wildman–Crippen LogP) is 4.74. The number of nitrogens with zero attached hydrogens (tertiary/aromatic N) is 2. The van der Waals surface area contributed by atoms with E-state index in [4.69, 9.17) is 9.15 Å². The summed E-state index contributed by atoms with van der Waals surface area (Å²) in [6, 6.07) is 14.1. The van der Waals surface area contributed by atoms with Crippen LogP contribution in [0.2, 0.25) is 0 Å². The number of rotatable bonds is 6. The molecule has 9 nitrogen and oxygen atoms in total. The Morgan fingerprint density at radius 1 is 1.19 bits per heavy atom. The number of oxazole rings is 1. The molecule has 1 amide bonds. The molecule has 0 aliphatic carbocycles. The Bertz CT molecular complexity index is 1350. The summed E-state index contributed by atoms with van der Waals surface area (Å²) in [5.74, 6) is -0.362. The number of hydrogen-bond donors (Lipinski definition) is 2. The third-order valence-corrected chi connectivity index (χ3v) is 4.75. The SMILES string of the molecule is Cc1cc(C)c2oc(-c3cc(NC(=O)COc4ccccc4[N+](=O)[O-])ccc3O)nc2c1. The Morgan fingerprint density at radius 3 is 2.75 bits per heavy atom. The lowest BCUT2D eigenvalue weighted by Gasteiger charge is -2.09. The first-order valence-corrected chi connectivity index (χ1v) is 9.69. The third kappa shape index (κ3) is 4.22. The van der Waals surface area contributed by atoms with Gasteiger partial charge < -0.3 is 19.6 Å². The smallest absolute Gasteiger partial charge is 0.310 e. The molecule has 32 heavy (non-hydrogen) atoms. The van der Waals surface area contributed by atoms with E-state index in [1.54, 1.807) is 6.07 Å². The van der Waals surface area contributed by atoms with Crippen LogP contribution in [-0.4, -0.2) is 27.5 Å². The monoisotopic (exact) mass is 433 g/mol. The predicted molar refractivity (Wildman–Crippen MR) is 118 cm³/mol. The van der Waals surface area contributed by atoms with E-state index in [9.17, 15) is 20.0 Å². The maximum Gasteiger partial charge on any atom is 0.310 e. The minimum atomic E-state index is -0.580. The summed E-state index contributed by atoms with van der Waals surface area (Å²) in [5, 5.41) is 24.0. The molecule has 9 heteroatoms. The number of amides is 1. The highest BCUT2D eigenvalue weighted by atomic mass is 16.6. The zero-order valence-corrected chi connectivity index (χ0v) is 17.3. The van der Waals surface area contributed by atoms with Gasteiger partial charge in [-0.2, -0.15) is 0 Å². The van der Waals surface area contributed by atoms with E-state index in [-0.39, 0.29) is 23.1 Å². The summed E-state index contributed by atoms with van der Waals surface area (Å²) in [5.41, 5.74) is 3.73. The van der Waals surface area contributed by atoms with Crippen LogP contribution in [-0.2, 0) is 4.79 Å². The molecule has 0 aliphatic heterocycles. The zero-order chi connectivity index (χ0) is 22.8. The number of anilines is 1. The molecule has 1 aromatic heterocycles. The molecule has 4 aromatic rings. The average Bonchev–Trinajstić information content (AvgIpc) is 3.18. The number of carbonyl (C=O) groups excluding carboxylic acids is 1. The molecule has 0 saturated heterocycles. The lowest BCUT2D eigenvalue weighted by molar-refractivity contribution is -0.385. The van der Waals surface area contributed by atoms with Gasteiger partial charge in [0.2, 0.25) is 5.89 Å². The summed E-state index contributed by atoms with van der Waals surface area (Å²) < 4.78 is 11.2. The Balaban J connectivity index is 1.53. The van der Waals surface area contributed by atoms with Gasteiger partial charge in [-0.1, -0.05) is 18.2 Å². The molecule has 0 fully saturated rings. The number of phenolic OH excluding ortho intramolecular Hbond substituents is 1. The highest BCUT2D eigenvalue weighted by Gasteiger charge is 2.17. The van der Waals surface area contributed by atoms with Crippen molar-refractivity contribution in [3.8, 4) is 23.0 Å². The number of fused-ring (bicyclic) bond motifs is 1. The Labute approximate surface area is 182 Å². The van der Waals surface area contributed by atoms with Crippen LogP contribution in [0.4, 0.5) is 11.4 Å². The van der Waals surface area contributed by atoms with Crippen molar-refractivity contribution in [2.75, 3.05) is 11.9 Å².